The lowest BCUT2D eigenvalue weighted by Crippen LogP contribution is -2.29. The van der Waals surface area contributed by atoms with E-state index in [9.17, 15) is 10.4 Å². The molecule has 3 heterocycles. The fourth-order valence-corrected chi connectivity index (χ4v) is 8.70. The number of aromatic nitrogens is 1. The smallest absolute Gasteiger partial charge is 0.142 e. The molecule has 8 nitrogen and oxygen atoms in total. The number of benzene rings is 3. The number of piperidine rings is 1. The molecule has 9 heteroatoms. The Bertz CT molecular complexity index is 1910. The Morgan fingerprint density at radius 3 is 2.32 bits per heavy atom. The molecule has 2 atom stereocenters. The van der Waals surface area contributed by atoms with Crippen LogP contribution in [0, 0.1) is 37.0 Å². The number of aliphatic hydroxyl groups excluding tert-OH is 1. The lowest BCUT2D eigenvalue weighted by Gasteiger charge is -2.27. The number of ether oxygens (including phenoxy) is 3. The number of nitriles is 1. The van der Waals surface area contributed by atoms with E-state index in [0.717, 1.165) is 109 Å². The third-order valence-corrected chi connectivity index (χ3v) is 11.7. The molecular weight excluding hydrogens is 684 g/mol. The van der Waals surface area contributed by atoms with Crippen LogP contribution in [0.4, 0.5) is 0 Å². The Kier molecular flexibility index (Phi) is 12.2. The van der Waals surface area contributed by atoms with Crippen molar-refractivity contribution in [3.05, 3.63) is 105 Å². The van der Waals surface area contributed by atoms with Gasteiger partial charge in [-0.3, -0.25) is 9.88 Å². The summed E-state index contributed by atoms with van der Waals surface area (Å²) in [6, 6.07) is 20.5. The van der Waals surface area contributed by atoms with Crippen molar-refractivity contribution in [1.82, 2.24) is 14.8 Å². The number of halogens is 1. The highest BCUT2D eigenvalue weighted by molar-refractivity contribution is 6.32. The number of aliphatic hydroxyl groups is 1. The van der Waals surface area contributed by atoms with E-state index < -0.39 is 0 Å². The molecule has 0 spiro atoms. The van der Waals surface area contributed by atoms with Crippen molar-refractivity contribution in [3.8, 4) is 34.4 Å². The zero-order chi connectivity index (χ0) is 36.7. The highest BCUT2D eigenvalue weighted by Crippen LogP contribution is 2.39. The van der Waals surface area contributed by atoms with Gasteiger partial charge in [0.25, 0.3) is 0 Å². The molecule has 2 unspecified atom stereocenters. The first-order valence-electron chi connectivity index (χ1n) is 19.2. The zero-order valence-electron chi connectivity index (χ0n) is 31.0. The van der Waals surface area contributed by atoms with E-state index in [0.29, 0.717) is 41.4 Å². The monoisotopic (exact) mass is 734 g/mol. The minimum atomic E-state index is -0.0914. The average molecular weight is 735 g/mol. The minimum Gasteiger partial charge on any atom is -0.493 e. The second kappa shape index (κ2) is 17.3. The molecular formula is C44H51ClN4O4. The van der Waals surface area contributed by atoms with Gasteiger partial charge in [0.2, 0.25) is 0 Å². The van der Waals surface area contributed by atoms with Crippen LogP contribution in [-0.2, 0) is 19.8 Å². The predicted molar refractivity (Wildman–Crippen MR) is 208 cm³/mol. The summed E-state index contributed by atoms with van der Waals surface area (Å²) in [4.78, 5) is 9.19. The maximum atomic E-state index is 9.96. The molecule has 1 aliphatic carbocycles. The number of fused-ring (bicyclic) bond motifs is 1. The summed E-state index contributed by atoms with van der Waals surface area (Å²) in [6.45, 7) is 11.7. The number of pyridine rings is 1. The molecule has 3 aromatic carbocycles. The van der Waals surface area contributed by atoms with Crippen molar-refractivity contribution in [2.45, 2.75) is 78.2 Å². The van der Waals surface area contributed by atoms with Gasteiger partial charge in [-0.2, -0.15) is 5.26 Å². The number of nitrogens with zero attached hydrogens (tertiary/aromatic N) is 4. The fraction of sp³-hybridized carbons (Fsp3) is 0.455. The van der Waals surface area contributed by atoms with Crippen LogP contribution < -0.4 is 14.2 Å². The van der Waals surface area contributed by atoms with Crippen molar-refractivity contribution < 1.29 is 19.3 Å². The Labute approximate surface area is 319 Å². The first-order chi connectivity index (χ1) is 25.8. The molecule has 3 fully saturated rings. The van der Waals surface area contributed by atoms with Gasteiger partial charge in [-0.1, -0.05) is 48.4 Å². The molecule has 4 aromatic rings. The minimum absolute atomic E-state index is 0.0914. The number of rotatable bonds is 14. The fourth-order valence-electron chi connectivity index (χ4n) is 8.46. The zero-order valence-corrected chi connectivity index (χ0v) is 31.8. The van der Waals surface area contributed by atoms with E-state index >= 15 is 0 Å². The quantitative estimate of drug-likeness (QED) is 0.129. The topological polar surface area (TPSA) is 91.1 Å². The number of likely N-dealkylation sites (tertiary alicyclic amines) is 2. The van der Waals surface area contributed by atoms with Gasteiger partial charge in [0, 0.05) is 55.8 Å². The Balaban J connectivity index is 1.02. The van der Waals surface area contributed by atoms with Gasteiger partial charge >= 0.3 is 0 Å². The van der Waals surface area contributed by atoms with Crippen LogP contribution in [-0.4, -0.2) is 65.3 Å². The maximum Gasteiger partial charge on any atom is 0.142 e. The Morgan fingerprint density at radius 2 is 1.55 bits per heavy atom. The molecule has 1 saturated carbocycles. The second-order valence-electron chi connectivity index (χ2n) is 15.1. The third-order valence-electron chi connectivity index (χ3n) is 11.4. The summed E-state index contributed by atoms with van der Waals surface area (Å²) in [7, 11) is 0. The molecule has 3 aliphatic rings. The van der Waals surface area contributed by atoms with Gasteiger partial charge in [0.05, 0.1) is 23.3 Å². The largest absolute Gasteiger partial charge is 0.493 e. The lowest BCUT2D eigenvalue weighted by molar-refractivity contribution is 0.160. The van der Waals surface area contributed by atoms with Crippen LogP contribution in [0.2, 0.25) is 5.02 Å². The van der Waals surface area contributed by atoms with Crippen molar-refractivity contribution in [3.63, 3.8) is 0 Å². The summed E-state index contributed by atoms with van der Waals surface area (Å²) in [6.07, 6.45) is 9.76. The second-order valence-corrected chi connectivity index (χ2v) is 15.5. The summed E-state index contributed by atoms with van der Waals surface area (Å²) in [5.74, 6) is 3.54. The molecule has 1 N–H and O–H groups in total. The van der Waals surface area contributed by atoms with Crippen LogP contribution in [0.3, 0.4) is 0 Å². The van der Waals surface area contributed by atoms with Crippen molar-refractivity contribution in [2.75, 3.05) is 39.3 Å². The van der Waals surface area contributed by atoms with Gasteiger partial charge in [-0.25, -0.2) is 0 Å². The number of hydrogen-bond acceptors (Lipinski definition) is 8. The molecule has 278 valence electrons. The first kappa shape index (κ1) is 37.2. The van der Waals surface area contributed by atoms with Gasteiger partial charge in [0.15, 0.2) is 0 Å². The Hall–Kier alpha value is -4.13. The van der Waals surface area contributed by atoms with Gasteiger partial charge in [-0.05, 0) is 117 Å². The van der Waals surface area contributed by atoms with E-state index in [1.165, 1.54) is 19.3 Å². The SMILES string of the molecule is Cc1c(COc2cc(OCc3cncc(C#N)c3)c(CN3CCCCC3)cc2Cl)cccc1-c1cccc(OCCCN2CC3CC(O)CC3C2)c1C. The first-order valence-corrected chi connectivity index (χ1v) is 19.6. The standard InChI is InChI=1S/C44H51ClN4O4/c1-30-34(9-6-10-39(30)40-11-7-12-42(31(40)2)51-16-8-15-49-25-35-18-38(50)19-36(35)26-49)29-53-44-21-43(52-28-33-17-32(22-46)23-47-24-33)37(20-41(44)45)27-48-13-4-3-5-14-48/h6-7,9-12,17,20-21,23-24,35-36,38,50H,3-5,8,13-16,18-19,25-29H2,1-2H3. The summed E-state index contributed by atoms with van der Waals surface area (Å²) in [5, 5.41) is 19.9. The van der Waals surface area contributed by atoms with Gasteiger partial charge in [-0.15, -0.1) is 0 Å². The summed E-state index contributed by atoms with van der Waals surface area (Å²) < 4.78 is 19.2. The van der Waals surface area contributed by atoms with Gasteiger partial charge in [0.1, 0.15) is 36.5 Å². The molecule has 53 heavy (non-hydrogen) atoms. The third kappa shape index (κ3) is 9.16. The normalized spacial score (nSPS) is 20.2. The molecule has 2 saturated heterocycles. The Morgan fingerprint density at radius 1 is 0.811 bits per heavy atom. The van der Waals surface area contributed by atoms with Crippen LogP contribution in [0.5, 0.6) is 17.2 Å². The van der Waals surface area contributed by atoms with E-state index in [2.05, 4.69) is 71.1 Å². The van der Waals surface area contributed by atoms with Crippen LogP contribution >= 0.6 is 11.6 Å². The lowest BCUT2D eigenvalue weighted by atomic mass is 9.93. The molecule has 0 bridgehead atoms. The average Bonchev–Trinajstić information content (AvgIpc) is 3.71. The van der Waals surface area contributed by atoms with E-state index in [-0.39, 0.29) is 12.7 Å². The van der Waals surface area contributed by atoms with Crippen molar-refractivity contribution >= 4 is 11.6 Å². The highest BCUT2D eigenvalue weighted by Gasteiger charge is 2.39. The van der Waals surface area contributed by atoms with E-state index in [1.807, 2.05) is 12.1 Å². The summed E-state index contributed by atoms with van der Waals surface area (Å²) in [5.41, 5.74) is 8.01. The summed E-state index contributed by atoms with van der Waals surface area (Å²) >= 11 is 6.89. The molecule has 2 aliphatic heterocycles. The van der Waals surface area contributed by atoms with E-state index in [1.54, 1.807) is 18.5 Å². The van der Waals surface area contributed by atoms with Crippen LogP contribution in [0.25, 0.3) is 11.1 Å². The molecule has 0 amide bonds. The van der Waals surface area contributed by atoms with Gasteiger partial charge < -0.3 is 24.2 Å². The predicted octanol–water partition coefficient (Wildman–Crippen LogP) is 8.51. The van der Waals surface area contributed by atoms with E-state index in [4.69, 9.17) is 25.8 Å². The van der Waals surface area contributed by atoms with Crippen molar-refractivity contribution in [2.24, 2.45) is 11.8 Å². The maximum absolute atomic E-state index is 9.96. The van der Waals surface area contributed by atoms with Crippen LogP contribution in [0.1, 0.15) is 71.9 Å². The number of hydrogen-bond donors (Lipinski definition) is 1. The van der Waals surface area contributed by atoms with Crippen molar-refractivity contribution in [1.29, 1.82) is 5.26 Å². The molecule has 1 aromatic heterocycles. The molecule has 0 radical (unpaired) electrons. The van der Waals surface area contributed by atoms with Crippen LogP contribution in [0.15, 0.2) is 67.0 Å². The molecule has 7 rings (SSSR count). The highest BCUT2D eigenvalue weighted by atomic mass is 35.5.